The second-order valence-corrected chi connectivity index (χ2v) is 6.29. The van der Waals surface area contributed by atoms with Crippen molar-refractivity contribution in [2.45, 2.75) is 45.6 Å². The Bertz CT molecular complexity index is 343. The molecule has 2 aliphatic rings. The molecule has 2 unspecified atom stereocenters. The van der Waals surface area contributed by atoms with Crippen LogP contribution in [0.4, 0.5) is 0 Å². The predicted octanol–water partition coefficient (Wildman–Crippen LogP) is 0.749. The average Bonchev–Trinajstić information content (AvgIpc) is 2.46. The topological polar surface area (TPSA) is 61.4 Å². The van der Waals surface area contributed by atoms with E-state index in [2.05, 4.69) is 17.6 Å². The molecule has 20 heavy (non-hydrogen) atoms. The Morgan fingerprint density at radius 3 is 2.45 bits per heavy atom. The molecule has 0 aliphatic carbocycles. The first kappa shape index (κ1) is 15.3. The monoisotopic (exact) mass is 281 g/mol. The molecule has 0 saturated carbocycles. The van der Waals surface area contributed by atoms with E-state index >= 15 is 0 Å². The van der Waals surface area contributed by atoms with Gasteiger partial charge in [0.25, 0.3) is 0 Å². The summed E-state index contributed by atoms with van der Waals surface area (Å²) in [6.45, 7) is 6.99. The van der Waals surface area contributed by atoms with Gasteiger partial charge in [-0.05, 0) is 38.5 Å². The summed E-state index contributed by atoms with van der Waals surface area (Å²) in [5.41, 5.74) is 0. The highest BCUT2D eigenvalue weighted by molar-refractivity contribution is 5.79. The van der Waals surface area contributed by atoms with Gasteiger partial charge in [-0.25, -0.2) is 0 Å². The first-order valence-corrected chi connectivity index (χ1v) is 7.83. The van der Waals surface area contributed by atoms with Crippen LogP contribution in [0.3, 0.4) is 0 Å². The number of amides is 2. The van der Waals surface area contributed by atoms with Crippen molar-refractivity contribution >= 4 is 11.8 Å². The van der Waals surface area contributed by atoms with Gasteiger partial charge in [-0.15, -0.1) is 0 Å². The molecular formula is C15H27N3O2. The van der Waals surface area contributed by atoms with E-state index in [0.29, 0.717) is 17.9 Å². The summed E-state index contributed by atoms with van der Waals surface area (Å²) in [6.07, 6.45) is 4.11. The fraction of sp³-hybridized carbons (Fsp3) is 0.867. The lowest BCUT2D eigenvalue weighted by atomic mass is 9.91. The summed E-state index contributed by atoms with van der Waals surface area (Å²) in [7, 11) is 0. The summed E-state index contributed by atoms with van der Waals surface area (Å²) in [5.74, 6) is 1.04. The molecule has 5 heteroatoms. The lowest BCUT2D eigenvalue weighted by Crippen LogP contribution is -2.48. The van der Waals surface area contributed by atoms with Gasteiger partial charge in [0.15, 0.2) is 0 Å². The molecule has 0 aromatic carbocycles. The summed E-state index contributed by atoms with van der Waals surface area (Å²) >= 11 is 0. The van der Waals surface area contributed by atoms with Gasteiger partial charge in [-0.3, -0.25) is 9.59 Å². The fourth-order valence-corrected chi connectivity index (χ4v) is 3.11. The van der Waals surface area contributed by atoms with Crippen LogP contribution in [0.25, 0.3) is 0 Å². The maximum atomic E-state index is 12.4. The van der Waals surface area contributed by atoms with Crippen molar-refractivity contribution in [2.75, 3.05) is 26.2 Å². The normalized spacial score (nSPS) is 28.2. The smallest absolute Gasteiger partial charge is 0.226 e. The van der Waals surface area contributed by atoms with E-state index in [1.807, 2.05) is 4.90 Å². The standard InChI is InChI=1S/C15H27N3O2/c1-11-3-4-14(10-16-11)15(20)18-7-5-13(6-8-18)9-17-12(2)19/h11,13-14,16H,3-10H2,1-2H3,(H,17,19). The molecule has 114 valence electrons. The van der Waals surface area contributed by atoms with Crippen LogP contribution in [0, 0.1) is 11.8 Å². The summed E-state index contributed by atoms with van der Waals surface area (Å²) in [5, 5.41) is 6.27. The van der Waals surface area contributed by atoms with Gasteiger partial charge in [0.05, 0.1) is 5.92 Å². The zero-order valence-electron chi connectivity index (χ0n) is 12.7. The average molecular weight is 281 g/mol. The number of hydrogen-bond donors (Lipinski definition) is 2. The molecule has 2 saturated heterocycles. The molecule has 0 spiro atoms. The van der Waals surface area contributed by atoms with Gasteiger partial charge in [-0.1, -0.05) is 0 Å². The number of likely N-dealkylation sites (tertiary alicyclic amines) is 1. The summed E-state index contributed by atoms with van der Waals surface area (Å²) in [6, 6.07) is 0.544. The number of rotatable bonds is 3. The SMILES string of the molecule is CC(=O)NCC1CCN(C(=O)C2CCC(C)NC2)CC1. The van der Waals surface area contributed by atoms with Crippen LogP contribution in [-0.2, 0) is 9.59 Å². The van der Waals surface area contributed by atoms with Gasteiger partial charge in [0.2, 0.25) is 11.8 Å². The molecule has 0 aromatic heterocycles. The second kappa shape index (κ2) is 7.07. The van der Waals surface area contributed by atoms with E-state index < -0.39 is 0 Å². The minimum absolute atomic E-state index is 0.0332. The number of carbonyl (C=O) groups excluding carboxylic acids is 2. The van der Waals surface area contributed by atoms with Crippen molar-refractivity contribution in [3.05, 3.63) is 0 Å². The van der Waals surface area contributed by atoms with Gasteiger partial charge in [-0.2, -0.15) is 0 Å². The minimum Gasteiger partial charge on any atom is -0.356 e. The van der Waals surface area contributed by atoms with Crippen LogP contribution < -0.4 is 10.6 Å². The van der Waals surface area contributed by atoms with Crippen LogP contribution in [0.2, 0.25) is 0 Å². The van der Waals surface area contributed by atoms with Gasteiger partial charge < -0.3 is 15.5 Å². The minimum atomic E-state index is 0.0332. The van der Waals surface area contributed by atoms with Crippen LogP contribution in [0.15, 0.2) is 0 Å². The van der Waals surface area contributed by atoms with E-state index in [1.54, 1.807) is 6.92 Å². The summed E-state index contributed by atoms with van der Waals surface area (Å²) in [4.78, 5) is 25.4. The maximum absolute atomic E-state index is 12.4. The predicted molar refractivity (Wildman–Crippen MR) is 78.2 cm³/mol. The molecule has 2 fully saturated rings. The molecular weight excluding hydrogens is 254 g/mol. The molecule has 5 nitrogen and oxygen atoms in total. The number of nitrogens with zero attached hydrogens (tertiary/aromatic N) is 1. The number of nitrogens with one attached hydrogen (secondary N) is 2. The number of piperidine rings is 2. The Morgan fingerprint density at radius 1 is 1.20 bits per heavy atom. The van der Waals surface area contributed by atoms with Crippen molar-refractivity contribution in [1.82, 2.24) is 15.5 Å². The van der Waals surface area contributed by atoms with Crippen LogP contribution >= 0.6 is 0 Å². The Balaban J connectivity index is 1.73. The summed E-state index contributed by atoms with van der Waals surface area (Å²) < 4.78 is 0. The van der Waals surface area contributed by atoms with E-state index in [9.17, 15) is 9.59 Å². The van der Waals surface area contributed by atoms with Crippen LogP contribution in [0.1, 0.15) is 39.5 Å². The van der Waals surface area contributed by atoms with Crippen molar-refractivity contribution in [3.8, 4) is 0 Å². The zero-order valence-corrected chi connectivity index (χ0v) is 12.7. The number of carbonyl (C=O) groups is 2. The van der Waals surface area contributed by atoms with Crippen molar-refractivity contribution in [2.24, 2.45) is 11.8 Å². The lowest BCUT2D eigenvalue weighted by molar-refractivity contribution is -0.137. The maximum Gasteiger partial charge on any atom is 0.226 e. The van der Waals surface area contributed by atoms with Gasteiger partial charge in [0.1, 0.15) is 0 Å². The molecule has 0 aromatic rings. The molecule has 2 heterocycles. The van der Waals surface area contributed by atoms with E-state index in [0.717, 1.165) is 51.9 Å². The number of hydrogen-bond acceptors (Lipinski definition) is 3. The molecule has 2 N–H and O–H groups in total. The van der Waals surface area contributed by atoms with E-state index in [4.69, 9.17) is 0 Å². The molecule has 2 aliphatic heterocycles. The van der Waals surface area contributed by atoms with Gasteiger partial charge >= 0.3 is 0 Å². The highest BCUT2D eigenvalue weighted by Crippen LogP contribution is 2.21. The van der Waals surface area contributed by atoms with Crippen LogP contribution in [-0.4, -0.2) is 48.9 Å². The molecule has 0 bridgehead atoms. The fourth-order valence-electron chi connectivity index (χ4n) is 3.11. The van der Waals surface area contributed by atoms with Crippen LogP contribution in [0.5, 0.6) is 0 Å². The third-order valence-corrected chi connectivity index (χ3v) is 4.58. The second-order valence-electron chi connectivity index (χ2n) is 6.29. The van der Waals surface area contributed by atoms with Crippen molar-refractivity contribution < 1.29 is 9.59 Å². The molecule has 2 atom stereocenters. The highest BCUT2D eigenvalue weighted by atomic mass is 16.2. The first-order chi connectivity index (χ1) is 9.56. The quantitative estimate of drug-likeness (QED) is 0.802. The first-order valence-electron chi connectivity index (χ1n) is 7.83. The highest BCUT2D eigenvalue weighted by Gasteiger charge is 2.30. The Hall–Kier alpha value is -1.10. The van der Waals surface area contributed by atoms with Crippen molar-refractivity contribution in [1.29, 1.82) is 0 Å². The third-order valence-electron chi connectivity index (χ3n) is 4.58. The Kier molecular flexibility index (Phi) is 5.40. The van der Waals surface area contributed by atoms with Crippen molar-refractivity contribution in [3.63, 3.8) is 0 Å². The molecule has 2 rings (SSSR count). The van der Waals surface area contributed by atoms with E-state index in [-0.39, 0.29) is 11.8 Å². The Labute approximate surface area is 121 Å². The largest absolute Gasteiger partial charge is 0.356 e. The lowest BCUT2D eigenvalue weighted by Gasteiger charge is -2.36. The Morgan fingerprint density at radius 2 is 1.90 bits per heavy atom. The third kappa shape index (κ3) is 4.20. The van der Waals surface area contributed by atoms with Gasteiger partial charge in [0, 0.05) is 39.1 Å². The molecule has 2 amide bonds. The molecule has 0 radical (unpaired) electrons. The zero-order chi connectivity index (χ0) is 14.5. The van der Waals surface area contributed by atoms with E-state index in [1.165, 1.54) is 0 Å².